The molecule has 1 aromatic carbocycles. The van der Waals surface area contributed by atoms with Crippen LogP contribution in [0.2, 0.25) is 0 Å². The molecule has 0 aliphatic carbocycles. The SMILES string of the molecule is NCCc1ccc2c(ccn2CCc2ccsc2)c1. The molecule has 2 N–H and O–H groups in total. The number of thiophene rings is 1. The van der Waals surface area contributed by atoms with Crippen molar-refractivity contribution >= 4 is 22.2 Å². The van der Waals surface area contributed by atoms with Gasteiger partial charge in [0, 0.05) is 18.3 Å². The molecule has 3 rings (SSSR count). The molecule has 0 aliphatic heterocycles. The van der Waals surface area contributed by atoms with Gasteiger partial charge in [-0.1, -0.05) is 6.07 Å². The maximum atomic E-state index is 5.61. The van der Waals surface area contributed by atoms with Crippen LogP contribution in [0.25, 0.3) is 10.9 Å². The molecule has 0 saturated carbocycles. The van der Waals surface area contributed by atoms with Gasteiger partial charge in [0.1, 0.15) is 0 Å². The summed E-state index contributed by atoms with van der Waals surface area (Å²) in [6.07, 6.45) is 4.23. The van der Waals surface area contributed by atoms with E-state index in [-0.39, 0.29) is 0 Å². The minimum absolute atomic E-state index is 0.713. The van der Waals surface area contributed by atoms with Crippen LogP contribution in [0.3, 0.4) is 0 Å². The normalized spacial score (nSPS) is 11.2. The van der Waals surface area contributed by atoms with Gasteiger partial charge in [0.05, 0.1) is 0 Å². The Balaban J connectivity index is 1.80. The van der Waals surface area contributed by atoms with Crippen molar-refractivity contribution < 1.29 is 0 Å². The lowest BCUT2D eigenvalue weighted by atomic mass is 10.1. The molecule has 0 amide bonds. The Morgan fingerprint density at radius 2 is 2.00 bits per heavy atom. The zero-order valence-corrected chi connectivity index (χ0v) is 11.7. The molecule has 0 spiro atoms. The average molecular weight is 270 g/mol. The molecule has 0 atom stereocenters. The number of nitrogens with zero attached hydrogens (tertiary/aromatic N) is 1. The number of hydrogen-bond donors (Lipinski definition) is 1. The second-order valence-corrected chi connectivity index (χ2v) is 5.60. The van der Waals surface area contributed by atoms with E-state index in [9.17, 15) is 0 Å². The Hall–Kier alpha value is -1.58. The largest absolute Gasteiger partial charge is 0.347 e. The molecule has 3 aromatic rings. The zero-order valence-electron chi connectivity index (χ0n) is 10.9. The van der Waals surface area contributed by atoms with Crippen LogP contribution in [0.15, 0.2) is 47.3 Å². The van der Waals surface area contributed by atoms with Gasteiger partial charge in [0.25, 0.3) is 0 Å². The van der Waals surface area contributed by atoms with Crippen LogP contribution in [0.5, 0.6) is 0 Å². The summed E-state index contributed by atoms with van der Waals surface area (Å²) >= 11 is 1.77. The fraction of sp³-hybridized carbons (Fsp3) is 0.250. The highest BCUT2D eigenvalue weighted by Crippen LogP contribution is 2.19. The Morgan fingerprint density at radius 1 is 1.05 bits per heavy atom. The highest BCUT2D eigenvalue weighted by atomic mass is 32.1. The molecule has 19 heavy (non-hydrogen) atoms. The van der Waals surface area contributed by atoms with E-state index >= 15 is 0 Å². The van der Waals surface area contributed by atoms with Gasteiger partial charge in [-0.25, -0.2) is 0 Å². The molecule has 3 heteroatoms. The second-order valence-electron chi connectivity index (χ2n) is 4.82. The summed E-state index contributed by atoms with van der Waals surface area (Å²) in [6.45, 7) is 1.75. The van der Waals surface area contributed by atoms with E-state index in [0.29, 0.717) is 6.54 Å². The first-order valence-electron chi connectivity index (χ1n) is 6.66. The summed E-state index contributed by atoms with van der Waals surface area (Å²) in [5.74, 6) is 0. The smallest absolute Gasteiger partial charge is 0.0480 e. The summed E-state index contributed by atoms with van der Waals surface area (Å²) in [4.78, 5) is 0. The van der Waals surface area contributed by atoms with E-state index in [1.54, 1.807) is 11.3 Å². The maximum Gasteiger partial charge on any atom is 0.0480 e. The molecule has 0 saturated heterocycles. The van der Waals surface area contributed by atoms with Gasteiger partial charge in [-0.15, -0.1) is 0 Å². The molecule has 0 unspecified atom stereocenters. The first kappa shape index (κ1) is 12.5. The standard InChI is InChI=1S/C16H18N2S/c17-7-3-13-1-2-16-15(11-13)5-9-18(16)8-4-14-6-10-19-12-14/h1-2,5-6,9-12H,3-4,7-8,17H2. The van der Waals surface area contributed by atoms with Gasteiger partial charge in [-0.3, -0.25) is 0 Å². The van der Waals surface area contributed by atoms with Crippen molar-refractivity contribution in [3.63, 3.8) is 0 Å². The van der Waals surface area contributed by atoms with E-state index in [0.717, 1.165) is 19.4 Å². The maximum absolute atomic E-state index is 5.61. The predicted octanol–water partition coefficient (Wildman–Crippen LogP) is 3.45. The molecule has 98 valence electrons. The van der Waals surface area contributed by atoms with Crippen LogP contribution in [0.1, 0.15) is 11.1 Å². The third kappa shape index (κ3) is 2.72. The highest BCUT2D eigenvalue weighted by Gasteiger charge is 2.02. The molecule has 0 bridgehead atoms. The lowest BCUT2D eigenvalue weighted by Crippen LogP contribution is -2.02. The van der Waals surface area contributed by atoms with E-state index in [1.807, 2.05) is 0 Å². The van der Waals surface area contributed by atoms with Gasteiger partial charge in [0.15, 0.2) is 0 Å². The van der Waals surface area contributed by atoms with Crippen molar-refractivity contribution in [2.24, 2.45) is 5.73 Å². The Labute approximate surface area is 117 Å². The molecule has 2 aromatic heterocycles. The number of aromatic nitrogens is 1. The second kappa shape index (κ2) is 5.59. The van der Waals surface area contributed by atoms with Crippen molar-refractivity contribution in [2.45, 2.75) is 19.4 Å². The summed E-state index contributed by atoms with van der Waals surface area (Å²) in [5.41, 5.74) is 9.67. The lowest BCUT2D eigenvalue weighted by molar-refractivity contribution is 0.724. The summed E-state index contributed by atoms with van der Waals surface area (Å²) in [7, 11) is 0. The molecule has 0 radical (unpaired) electrons. The molecule has 0 aliphatic rings. The lowest BCUT2D eigenvalue weighted by Gasteiger charge is -2.05. The number of benzene rings is 1. The van der Waals surface area contributed by atoms with Gasteiger partial charge in [0.2, 0.25) is 0 Å². The zero-order chi connectivity index (χ0) is 13.1. The van der Waals surface area contributed by atoms with Crippen molar-refractivity contribution in [3.8, 4) is 0 Å². The van der Waals surface area contributed by atoms with E-state index in [1.165, 1.54) is 22.0 Å². The minimum atomic E-state index is 0.713. The van der Waals surface area contributed by atoms with Gasteiger partial charge < -0.3 is 10.3 Å². The molecule has 0 fully saturated rings. The van der Waals surface area contributed by atoms with Crippen LogP contribution in [-0.2, 0) is 19.4 Å². The Bertz CT molecular complexity index is 653. The third-order valence-corrected chi connectivity index (χ3v) is 4.22. The first-order chi connectivity index (χ1) is 9.36. The van der Waals surface area contributed by atoms with E-state index in [2.05, 4.69) is 51.9 Å². The number of nitrogens with two attached hydrogens (primary N) is 1. The van der Waals surface area contributed by atoms with Crippen LogP contribution in [-0.4, -0.2) is 11.1 Å². The quantitative estimate of drug-likeness (QED) is 0.756. The molecule has 2 heterocycles. The number of hydrogen-bond acceptors (Lipinski definition) is 2. The fourth-order valence-electron chi connectivity index (χ4n) is 2.45. The third-order valence-electron chi connectivity index (χ3n) is 3.49. The fourth-order valence-corrected chi connectivity index (χ4v) is 3.15. The topological polar surface area (TPSA) is 30.9 Å². The van der Waals surface area contributed by atoms with Crippen molar-refractivity contribution in [3.05, 3.63) is 58.4 Å². The monoisotopic (exact) mass is 270 g/mol. The minimum Gasteiger partial charge on any atom is -0.347 e. The van der Waals surface area contributed by atoms with Crippen LogP contribution in [0.4, 0.5) is 0 Å². The summed E-state index contributed by atoms with van der Waals surface area (Å²) in [6, 6.07) is 11.1. The van der Waals surface area contributed by atoms with Crippen molar-refractivity contribution in [1.29, 1.82) is 0 Å². The number of rotatable bonds is 5. The van der Waals surface area contributed by atoms with Crippen LogP contribution in [0, 0.1) is 0 Å². The molecular formula is C16H18N2S. The number of aryl methyl sites for hydroxylation is 2. The summed E-state index contributed by atoms with van der Waals surface area (Å²) in [5, 5.41) is 5.68. The molecule has 2 nitrogen and oxygen atoms in total. The molecular weight excluding hydrogens is 252 g/mol. The van der Waals surface area contributed by atoms with Gasteiger partial charge in [-0.2, -0.15) is 11.3 Å². The van der Waals surface area contributed by atoms with Crippen molar-refractivity contribution in [2.75, 3.05) is 6.54 Å². The average Bonchev–Trinajstić information content (AvgIpc) is 3.05. The van der Waals surface area contributed by atoms with E-state index in [4.69, 9.17) is 5.73 Å². The summed E-state index contributed by atoms with van der Waals surface area (Å²) < 4.78 is 2.33. The predicted molar refractivity (Wildman–Crippen MR) is 82.7 cm³/mol. The van der Waals surface area contributed by atoms with E-state index < -0.39 is 0 Å². The Kier molecular flexibility index (Phi) is 3.67. The Morgan fingerprint density at radius 3 is 2.79 bits per heavy atom. The van der Waals surface area contributed by atoms with Crippen LogP contribution < -0.4 is 5.73 Å². The van der Waals surface area contributed by atoms with Crippen molar-refractivity contribution in [1.82, 2.24) is 4.57 Å². The van der Waals surface area contributed by atoms with Crippen LogP contribution >= 0.6 is 11.3 Å². The highest BCUT2D eigenvalue weighted by molar-refractivity contribution is 7.07. The van der Waals surface area contributed by atoms with Gasteiger partial charge >= 0.3 is 0 Å². The van der Waals surface area contributed by atoms with Gasteiger partial charge in [-0.05, 0) is 70.9 Å². The first-order valence-corrected chi connectivity index (χ1v) is 7.60. The number of fused-ring (bicyclic) bond motifs is 1.